The van der Waals surface area contributed by atoms with Gasteiger partial charge in [0.1, 0.15) is 11.8 Å². The van der Waals surface area contributed by atoms with Gasteiger partial charge >= 0.3 is 0 Å². The van der Waals surface area contributed by atoms with Gasteiger partial charge in [-0.1, -0.05) is 18.2 Å². The first-order valence-corrected chi connectivity index (χ1v) is 11.7. The first-order chi connectivity index (χ1) is 7.77. The Bertz CT molecular complexity index is 324. The summed E-state index contributed by atoms with van der Waals surface area (Å²) in [5.41, 5.74) is 0. The zero-order chi connectivity index (χ0) is 11.4. The van der Waals surface area contributed by atoms with Crippen LogP contribution in [0.1, 0.15) is 6.42 Å². The Kier molecular flexibility index (Phi) is 4.96. The molecule has 1 aromatic carbocycles. The van der Waals surface area contributed by atoms with Gasteiger partial charge in [0.25, 0.3) is 0 Å². The summed E-state index contributed by atoms with van der Waals surface area (Å²) in [4.78, 5) is 0. The summed E-state index contributed by atoms with van der Waals surface area (Å²) in [6, 6.07) is 11.1. The van der Waals surface area contributed by atoms with Gasteiger partial charge in [0.15, 0.2) is 4.32 Å². The van der Waals surface area contributed by atoms with Gasteiger partial charge in [-0.05, 0) is 30.1 Å². The van der Waals surface area contributed by atoms with E-state index < -0.39 is 6.46 Å². The van der Waals surface area contributed by atoms with E-state index in [0.29, 0.717) is 0 Å². The molecule has 0 nitrogen and oxygen atoms in total. The summed E-state index contributed by atoms with van der Waals surface area (Å²) in [7, 11) is 0. The molecule has 1 aromatic rings. The Hall–Kier alpha value is 0.700. The molecule has 0 N–H and O–H groups in total. The largest absolute Gasteiger partial charge is 0.174 e. The Morgan fingerprint density at radius 1 is 1.19 bits per heavy atom. The molecule has 0 spiro atoms. The van der Waals surface area contributed by atoms with Crippen molar-refractivity contribution in [3.63, 3.8) is 0 Å². The molecule has 88 valence electrons. The average molecular weight is 289 g/mol. The van der Waals surface area contributed by atoms with Crippen molar-refractivity contribution < 1.29 is 0 Å². The third kappa shape index (κ3) is 2.75. The van der Waals surface area contributed by atoms with Crippen LogP contribution in [0.4, 0.5) is 0 Å². The Labute approximate surface area is 112 Å². The van der Waals surface area contributed by atoms with Crippen LogP contribution >= 0.6 is 41.4 Å². The van der Waals surface area contributed by atoms with Crippen molar-refractivity contribution in [2.24, 2.45) is 0 Å². The molecule has 1 unspecified atom stereocenters. The molecule has 0 aromatic heterocycles. The summed E-state index contributed by atoms with van der Waals surface area (Å²) >= 11 is 6.46. The lowest BCUT2D eigenvalue weighted by molar-refractivity contribution is 1.12. The van der Waals surface area contributed by atoms with E-state index in [9.17, 15) is 0 Å². The molecule has 16 heavy (non-hydrogen) atoms. The molecule has 0 bridgehead atoms. The fraction of sp³-hybridized carbons (Fsp3) is 0.500. The molecular weight excluding hydrogens is 271 g/mol. The van der Waals surface area contributed by atoms with Crippen molar-refractivity contribution in [3.05, 3.63) is 30.3 Å². The summed E-state index contributed by atoms with van der Waals surface area (Å²) in [6.07, 6.45) is 3.67. The van der Waals surface area contributed by atoms with Gasteiger partial charge in [0.05, 0.1) is 6.66 Å². The summed E-state index contributed by atoms with van der Waals surface area (Å²) in [5.74, 6) is 2.70. The van der Waals surface area contributed by atoms with Crippen LogP contribution in [0.25, 0.3) is 0 Å². The summed E-state index contributed by atoms with van der Waals surface area (Å²) in [5, 5.41) is 1.58. The molecular formula is C12H18PS3+. The fourth-order valence-electron chi connectivity index (χ4n) is 1.80. The minimum Gasteiger partial charge on any atom is -0.106 e. The lowest BCUT2D eigenvalue weighted by Crippen LogP contribution is -2.18. The van der Waals surface area contributed by atoms with Gasteiger partial charge in [-0.25, -0.2) is 0 Å². The number of rotatable bonds is 3. The first kappa shape index (κ1) is 13.1. The van der Waals surface area contributed by atoms with E-state index in [2.05, 4.69) is 78.2 Å². The van der Waals surface area contributed by atoms with Crippen molar-refractivity contribution >= 4 is 46.7 Å². The quantitative estimate of drug-likeness (QED) is 0.757. The maximum absolute atomic E-state index is 2.50. The highest BCUT2D eigenvalue weighted by atomic mass is 32.7. The van der Waals surface area contributed by atoms with Gasteiger partial charge in [-0.3, -0.25) is 0 Å². The Balaban J connectivity index is 2.24. The van der Waals surface area contributed by atoms with Crippen LogP contribution < -0.4 is 5.30 Å². The van der Waals surface area contributed by atoms with Crippen LogP contribution in [0.2, 0.25) is 0 Å². The highest BCUT2D eigenvalue weighted by Gasteiger charge is 2.45. The van der Waals surface area contributed by atoms with Crippen LogP contribution in [0.3, 0.4) is 0 Å². The Morgan fingerprint density at radius 2 is 1.81 bits per heavy atom. The minimum atomic E-state index is -1.04. The van der Waals surface area contributed by atoms with E-state index in [1.807, 2.05) is 0 Å². The van der Waals surface area contributed by atoms with Crippen LogP contribution in [-0.4, -0.2) is 28.7 Å². The van der Waals surface area contributed by atoms with Gasteiger partial charge in [0.2, 0.25) is 0 Å². The van der Waals surface area contributed by atoms with E-state index >= 15 is 0 Å². The number of hydrogen-bond acceptors (Lipinski definition) is 3. The van der Waals surface area contributed by atoms with Gasteiger partial charge in [-0.2, -0.15) is 0 Å². The summed E-state index contributed by atoms with van der Waals surface area (Å²) < 4.78 is 0.804. The normalized spacial score (nSPS) is 21.6. The SMILES string of the molecule is CS[P+](C)(c1ccccc1)C1SCCCS1. The van der Waals surface area contributed by atoms with E-state index in [1.165, 1.54) is 17.9 Å². The minimum absolute atomic E-state index is 0.804. The molecule has 1 heterocycles. The lowest BCUT2D eigenvalue weighted by atomic mass is 10.4. The monoisotopic (exact) mass is 289 g/mol. The first-order valence-electron chi connectivity index (χ1n) is 5.48. The average Bonchev–Trinajstić information content (AvgIpc) is 2.40. The highest BCUT2D eigenvalue weighted by molar-refractivity contribution is 8.68. The van der Waals surface area contributed by atoms with E-state index in [0.717, 1.165) is 4.32 Å². The topological polar surface area (TPSA) is 0 Å². The van der Waals surface area contributed by atoms with Gasteiger partial charge < -0.3 is 0 Å². The molecule has 4 heteroatoms. The molecule has 0 amide bonds. The second-order valence-corrected chi connectivity index (χ2v) is 14.1. The highest BCUT2D eigenvalue weighted by Crippen LogP contribution is 2.74. The van der Waals surface area contributed by atoms with Crippen molar-refractivity contribution in [2.45, 2.75) is 10.7 Å². The zero-order valence-electron chi connectivity index (χ0n) is 9.76. The molecule has 1 saturated heterocycles. The van der Waals surface area contributed by atoms with Crippen LogP contribution in [0.5, 0.6) is 0 Å². The number of benzene rings is 1. The van der Waals surface area contributed by atoms with E-state index in [1.54, 1.807) is 5.30 Å². The van der Waals surface area contributed by atoms with Crippen molar-refractivity contribution in [1.82, 2.24) is 0 Å². The zero-order valence-corrected chi connectivity index (χ0v) is 13.1. The van der Waals surface area contributed by atoms with Crippen LogP contribution in [0.15, 0.2) is 30.3 Å². The third-order valence-electron chi connectivity index (χ3n) is 2.86. The van der Waals surface area contributed by atoms with E-state index in [-0.39, 0.29) is 0 Å². The van der Waals surface area contributed by atoms with Gasteiger partial charge in [0, 0.05) is 17.6 Å². The smallest absolute Gasteiger partial charge is 0.106 e. The van der Waals surface area contributed by atoms with Crippen molar-refractivity contribution in [1.29, 1.82) is 0 Å². The van der Waals surface area contributed by atoms with Gasteiger partial charge in [-0.15, -0.1) is 23.5 Å². The molecule has 2 rings (SSSR count). The molecule has 1 fully saturated rings. The van der Waals surface area contributed by atoms with Crippen molar-refractivity contribution in [3.8, 4) is 0 Å². The molecule has 1 aliphatic heterocycles. The molecule has 1 aliphatic rings. The van der Waals surface area contributed by atoms with E-state index in [4.69, 9.17) is 0 Å². The maximum atomic E-state index is 2.50. The summed E-state index contributed by atoms with van der Waals surface area (Å²) in [6.45, 7) is 1.47. The molecule has 0 radical (unpaired) electrons. The maximum Gasteiger partial charge on any atom is 0.174 e. The Morgan fingerprint density at radius 3 is 2.38 bits per heavy atom. The number of hydrogen-bond donors (Lipinski definition) is 0. The second-order valence-electron chi connectivity index (χ2n) is 3.91. The number of thioether (sulfide) groups is 2. The molecule has 0 saturated carbocycles. The fourth-order valence-corrected chi connectivity index (χ4v) is 13.2. The predicted octanol–water partition coefficient (Wildman–Crippen LogP) is 4.39. The van der Waals surface area contributed by atoms with Crippen LogP contribution in [0, 0.1) is 0 Å². The standard InChI is InChI=1S/C12H18PS3/c1-13(14-2,11-7-4-3-5-8-11)12-15-9-6-10-16-12/h3-5,7-8,12H,6,9-10H2,1-2H3/q+1. The van der Waals surface area contributed by atoms with Crippen LogP contribution in [-0.2, 0) is 0 Å². The van der Waals surface area contributed by atoms with Crippen molar-refractivity contribution in [2.75, 3.05) is 24.4 Å². The lowest BCUT2D eigenvalue weighted by Gasteiger charge is -2.30. The predicted molar refractivity (Wildman–Crippen MR) is 85.8 cm³/mol. The molecule has 1 atom stereocenters. The second kappa shape index (κ2) is 6.04. The third-order valence-corrected chi connectivity index (χ3v) is 15.9. The molecule has 0 aliphatic carbocycles.